The van der Waals surface area contributed by atoms with E-state index in [9.17, 15) is 23.6 Å². The number of rotatable bonds is 8. The van der Waals surface area contributed by atoms with Gasteiger partial charge in [0.15, 0.2) is 4.90 Å². The van der Waals surface area contributed by atoms with Crippen molar-refractivity contribution in [2.24, 2.45) is 0 Å². The molecule has 1 atom stereocenters. The second-order valence-electron chi connectivity index (χ2n) is 5.28. The van der Waals surface area contributed by atoms with E-state index in [2.05, 4.69) is 4.72 Å². The van der Waals surface area contributed by atoms with Gasteiger partial charge in [0, 0.05) is 17.0 Å². The first-order chi connectivity index (χ1) is 11.9. The van der Waals surface area contributed by atoms with Crippen molar-refractivity contribution in [2.75, 3.05) is 12.9 Å². The van der Waals surface area contributed by atoms with Crippen LogP contribution in [0.2, 0.25) is 0 Å². The van der Waals surface area contributed by atoms with Crippen LogP contribution in [0.15, 0.2) is 58.3 Å². The van der Waals surface area contributed by atoms with Crippen molar-refractivity contribution in [2.45, 2.75) is 22.3 Å². The Morgan fingerprint density at radius 3 is 2.40 bits per heavy atom. The molecule has 9 heteroatoms. The summed E-state index contributed by atoms with van der Waals surface area (Å²) in [5, 5.41) is 20.5. The Morgan fingerprint density at radius 1 is 1.20 bits per heavy atom. The molecule has 2 aromatic carbocycles. The van der Waals surface area contributed by atoms with Gasteiger partial charge in [0.25, 0.3) is 5.69 Å². The molecule has 0 aliphatic carbocycles. The van der Waals surface area contributed by atoms with Gasteiger partial charge in [-0.25, -0.2) is 13.1 Å². The number of hydrogen-bond donors (Lipinski definition) is 2. The third-order valence-electron chi connectivity index (χ3n) is 3.53. The van der Waals surface area contributed by atoms with Crippen LogP contribution in [0.3, 0.4) is 0 Å². The number of nitro benzene ring substituents is 1. The van der Waals surface area contributed by atoms with Crippen molar-refractivity contribution < 1.29 is 18.4 Å². The molecule has 2 aromatic rings. The maximum Gasteiger partial charge on any atom is 0.289 e. The normalized spacial score (nSPS) is 12.7. The maximum absolute atomic E-state index is 12.5. The van der Waals surface area contributed by atoms with Crippen LogP contribution in [0.4, 0.5) is 5.69 Å². The van der Waals surface area contributed by atoms with Crippen LogP contribution in [0.1, 0.15) is 5.56 Å². The van der Waals surface area contributed by atoms with Crippen LogP contribution in [0.25, 0.3) is 0 Å². The van der Waals surface area contributed by atoms with Crippen LogP contribution in [-0.4, -0.2) is 37.4 Å². The summed E-state index contributed by atoms with van der Waals surface area (Å²) in [6, 6.07) is 11.8. The number of nitrogens with one attached hydrogen (secondary N) is 1. The van der Waals surface area contributed by atoms with Gasteiger partial charge in [0.2, 0.25) is 10.0 Å². The lowest BCUT2D eigenvalue weighted by atomic mass is 10.1. The molecule has 0 heterocycles. The highest BCUT2D eigenvalue weighted by atomic mass is 32.2. The highest BCUT2D eigenvalue weighted by Gasteiger charge is 2.27. The van der Waals surface area contributed by atoms with Crippen LogP contribution in [-0.2, 0) is 16.4 Å². The average Bonchev–Trinajstić information content (AvgIpc) is 2.61. The summed E-state index contributed by atoms with van der Waals surface area (Å²) < 4.78 is 27.3. The minimum Gasteiger partial charge on any atom is -0.395 e. The smallest absolute Gasteiger partial charge is 0.289 e. The van der Waals surface area contributed by atoms with Gasteiger partial charge in [-0.15, -0.1) is 11.8 Å². The fourth-order valence-corrected chi connectivity index (χ4v) is 4.12. The number of aliphatic hydroxyl groups is 1. The molecule has 0 saturated heterocycles. The van der Waals surface area contributed by atoms with Crippen molar-refractivity contribution in [1.82, 2.24) is 4.72 Å². The Bertz CT molecular complexity index is 838. The summed E-state index contributed by atoms with van der Waals surface area (Å²) in [5.41, 5.74) is 0.345. The molecular weight excluding hydrogens is 364 g/mol. The zero-order valence-corrected chi connectivity index (χ0v) is 15.1. The van der Waals surface area contributed by atoms with Crippen molar-refractivity contribution >= 4 is 27.5 Å². The number of benzene rings is 2. The first-order valence-corrected chi connectivity index (χ1v) is 10.1. The molecule has 0 spiro atoms. The van der Waals surface area contributed by atoms with E-state index in [1.807, 2.05) is 30.5 Å². The van der Waals surface area contributed by atoms with Crippen LogP contribution >= 0.6 is 11.8 Å². The number of thioether (sulfide) groups is 1. The SMILES string of the molecule is CSc1ccc(C[C@H](CO)NS(=O)(=O)c2ccccc2[N+](=O)[O-])cc1. The van der Waals surface area contributed by atoms with E-state index >= 15 is 0 Å². The van der Waals surface area contributed by atoms with Gasteiger partial charge in [-0.2, -0.15) is 0 Å². The topological polar surface area (TPSA) is 110 Å². The fourth-order valence-electron chi connectivity index (χ4n) is 2.31. The number of aliphatic hydroxyl groups excluding tert-OH is 1. The maximum atomic E-state index is 12.5. The van der Waals surface area contributed by atoms with E-state index in [-0.39, 0.29) is 6.42 Å². The van der Waals surface area contributed by atoms with E-state index in [0.29, 0.717) is 0 Å². The van der Waals surface area contributed by atoms with E-state index in [4.69, 9.17) is 0 Å². The highest BCUT2D eigenvalue weighted by molar-refractivity contribution is 7.98. The summed E-state index contributed by atoms with van der Waals surface area (Å²) in [6.45, 7) is -0.426. The zero-order chi connectivity index (χ0) is 18.4. The number of nitrogens with zero attached hydrogens (tertiary/aromatic N) is 1. The van der Waals surface area contributed by atoms with Crippen LogP contribution < -0.4 is 4.72 Å². The largest absolute Gasteiger partial charge is 0.395 e. The van der Waals surface area contributed by atoms with Crippen LogP contribution in [0.5, 0.6) is 0 Å². The Labute approximate surface area is 150 Å². The quantitative estimate of drug-likeness (QED) is 0.411. The summed E-state index contributed by atoms with van der Waals surface area (Å²) in [7, 11) is -4.14. The first kappa shape index (κ1) is 19.4. The Hall–Kier alpha value is -1.94. The molecule has 0 radical (unpaired) electrons. The Kier molecular flexibility index (Phi) is 6.54. The number of para-hydroxylation sites is 1. The number of hydrogen-bond acceptors (Lipinski definition) is 6. The second kappa shape index (κ2) is 8.43. The monoisotopic (exact) mass is 382 g/mol. The molecule has 0 unspecified atom stereocenters. The van der Waals surface area contributed by atoms with Gasteiger partial charge >= 0.3 is 0 Å². The molecular formula is C16H18N2O5S2. The summed E-state index contributed by atoms with van der Waals surface area (Å²) in [5.74, 6) is 0. The molecule has 25 heavy (non-hydrogen) atoms. The third kappa shape index (κ3) is 5.02. The van der Waals surface area contributed by atoms with Crippen molar-refractivity contribution in [3.05, 3.63) is 64.2 Å². The predicted molar refractivity (Wildman–Crippen MR) is 96.2 cm³/mol. The van der Waals surface area contributed by atoms with E-state index in [1.54, 1.807) is 11.8 Å². The standard InChI is InChI=1S/C16H18N2O5S2/c1-24-14-8-6-12(7-9-14)10-13(11-19)17-25(22,23)16-5-3-2-4-15(16)18(20)21/h2-9,13,17,19H,10-11H2,1H3/t13-/m1/s1. The predicted octanol–water partition coefficient (Wildman–Crippen LogP) is 2.20. The molecule has 0 aliphatic heterocycles. The van der Waals surface area contributed by atoms with Crippen molar-refractivity contribution in [1.29, 1.82) is 0 Å². The van der Waals surface area contributed by atoms with Crippen molar-refractivity contribution in [3.8, 4) is 0 Å². The molecule has 0 aromatic heterocycles. The van der Waals surface area contributed by atoms with Gasteiger partial charge in [-0.3, -0.25) is 10.1 Å². The molecule has 0 fully saturated rings. The molecule has 7 nitrogen and oxygen atoms in total. The lowest BCUT2D eigenvalue weighted by Gasteiger charge is -2.16. The second-order valence-corrected chi connectivity index (χ2v) is 7.84. The third-order valence-corrected chi connectivity index (χ3v) is 5.85. The molecule has 0 amide bonds. The fraction of sp³-hybridized carbons (Fsp3) is 0.250. The minimum atomic E-state index is -4.14. The zero-order valence-electron chi connectivity index (χ0n) is 13.5. The van der Waals surface area contributed by atoms with Gasteiger partial charge in [0.05, 0.1) is 11.5 Å². The summed E-state index contributed by atoms with van der Waals surface area (Å²) >= 11 is 1.59. The van der Waals surface area contributed by atoms with Gasteiger partial charge in [0.1, 0.15) is 0 Å². The van der Waals surface area contributed by atoms with Gasteiger partial charge < -0.3 is 5.11 Å². The lowest BCUT2D eigenvalue weighted by molar-refractivity contribution is -0.387. The van der Waals surface area contributed by atoms with E-state index in [1.165, 1.54) is 18.2 Å². The van der Waals surface area contributed by atoms with Gasteiger partial charge in [-0.05, 0) is 36.4 Å². The molecule has 2 N–H and O–H groups in total. The Morgan fingerprint density at radius 2 is 1.84 bits per heavy atom. The lowest BCUT2D eigenvalue weighted by Crippen LogP contribution is -2.39. The first-order valence-electron chi connectivity index (χ1n) is 7.37. The number of nitro groups is 1. The molecule has 2 rings (SSSR count). The summed E-state index contributed by atoms with van der Waals surface area (Å²) in [6.07, 6.45) is 2.22. The van der Waals surface area contributed by atoms with Gasteiger partial charge in [-0.1, -0.05) is 24.3 Å². The minimum absolute atomic E-state index is 0.269. The van der Waals surface area contributed by atoms with E-state index < -0.39 is 38.2 Å². The summed E-state index contributed by atoms with van der Waals surface area (Å²) in [4.78, 5) is 10.9. The number of sulfonamides is 1. The molecule has 0 saturated carbocycles. The van der Waals surface area contributed by atoms with E-state index in [0.717, 1.165) is 16.5 Å². The average molecular weight is 382 g/mol. The molecule has 134 valence electrons. The molecule has 0 bridgehead atoms. The van der Waals surface area contributed by atoms with Crippen molar-refractivity contribution in [3.63, 3.8) is 0 Å². The highest BCUT2D eigenvalue weighted by Crippen LogP contribution is 2.23. The van der Waals surface area contributed by atoms with Crippen LogP contribution in [0, 0.1) is 10.1 Å². The Balaban J connectivity index is 2.20. The molecule has 0 aliphatic rings.